The van der Waals surface area contributed by atoms with Crippen molar-refractivity contribution < 1.29 is 0 Å². The van der Waals surface area contributed by atoms with Gasteiger partial charge in [0.2, 0.25) is 0 Å². The summed E-state index contributed by atoms with van der Waals surface area (Å²) >= 11 is 0. The Balaban J connectivity index is 2.00. The first-order chi connectivity index (χ1) is 9.35. The molecule has 0 heterocycles. The summed E-state index contributed by atoms with van der Waals surface area (Å²) in [6.07, 6.45) is 7.52. The smallest absolute Gasteiger partial charge is 0.0297 e. The van der Waals surface area contributed by atoms with Crippen molar-refractivity contribution in [2.45, 2.75) is 72.3 Å². The van der Waals surface area contributed by atoms with Crippen LogP contribution in [0.2, 0.25) is 0 Å². The highest BCUT2D eigenvalue weighted by Gasteiger charge is 2.19. The third kappa shape index (κ3) is 4.34. The molecular weight excluding hydrogens is 242 g/mol. The molecule has 1 aromatic carbocycles. The molecule has 1 aliphatic carbocycles. The van der Waals surface area contributed by atoms with Crippen LogP contribution in [0.15, 0.2) is 18.2 Å². The fourth-order valence-electron chi connectivity index (χ4n) is 3.68. The van der Waals surface area contributed by atoms with Gasteiger partial charge in [-0.25, -0.2) is 0 Å². The van der Waals surface area contributed by atoms with Crippen molar-refractivity contribution in [1.29, 1.82) is 0 Å². The second-order valence-electron chi connectivity index (χ2n) is 7.95. The van der Waals surface area contributed by atoms with Crippen molar-refractivity contribution in [2.24, 2.45) is 17.1 Å². The van der Waals surface area contributed by atoms with Crippen LogP contribution < -0.4 is 5.73 Å². The van der Waals surface area contributed by atoms with Gasteiger partial charge in [-0.2, -0.15) is 0 Å². The molecule has 2 unspecified atom stereocenters. The molecule has 0 amide bonds. The molecule has 2 N–H and O–H groups in total. The third-order valence-electron chi connectivity index (χ3n) is 4.42. The summed E-state index contributed by atoms with van der Waals surface area (Å²) in [6, 6.07) is 7.15. The maximum absolute atomic E-state index is 6.45. The first-order valence-electron chi connectivity index (χ1n) is 8.22. The van der Waals surface area contributed by atoms with E-state index in [-0.39, 0.29) is 6.04 Å². The van der Waals surface area contributed by atoms with E-state index in [0.29, 0.717) is 11.3 Å². The van der Waals surface area contributed by atoms with Crippen molar-refractivity contribution in [3.8, 4) is 0 Å². The number of hydrogen-bond acceptors (Lipinski definition) is 1. The molecule has 2 rings (SSSR count). The molecule has 0 aromatic heterocycles. The molecule has 0 bridgehead atoms. The van der Waals surface area contributed by atoms with Crippen LogP contribution in [0.5, 0.6) is 0 Å². The Kier molecular flexibility index (Phi) is 4.90. The van der Waals surface area contributed by atoms with E-state index in [1.807, 2.05) is 0 Å². The Hall–Kier alpha value is -0.820. The SMILES string of the molecule is CC(CC(N)c1ccc2c(c1)CCCC2)CC(C)(C)C. The second-order valence-corrected chi connectivity index (χ2v) is 7.95. The lowest BCUT2D eigenvalue weighted by Gasteiger charge is -2.26. The summed E-state index contributed by atoms with van der Waals surface area (Å²) < 4.78 is 0. The van der Waals surface area contributed by atoms with Crippen LogP contribution in [-0.2, 0) is 12.8 Å². The minimum atomic E-state index is 0.194. The van der Waals surface area contributed by atoms with Gasteiger partial charge in [0.15, 0.2) is 0 Å². The van der Waals surface area contributed by atoms with Crippen LogP contribution in [0.25, 0.3) is 0 Å². The number of hydrogen-bond donors (Lipinski definition) is 1. The van der Waals surface area contributed by atoms with E-state index in [1.54, 1.807) is 11.1 Å². The van der Waals surface area contributed by atoms with E-state index in [0.717, 1.165) is 6.42 Å². The number of benzene rings is 1. The summed E-state index contributed by atoms with van der Waals surface area (Å²) in [4.78, 5) is 0. The molecule has 1 nitrogen and oxygen atoms in total. The van der Waals surface area contributed by atoms with Gasteiger partial charge in [-0.3, -0.25) is 0 Å². The number of nitrogens with two attached hydrogens (primary N) is 1. The summed E-state index contributed by atoms with van der Waals surface area (Å²) in [6.45, 7) is 9.28. The Morgan fingerprint density at radius 2 is 1.75 bits per heavy atom. The predicted octanol–water partition coefficient (Wildman–Crippen LogP) is 5.03. The lowest BCUT2D eigenvalue weighted by molar-refractivity contribution is 0.286. The summed E-state index contributed by atoms with van der Waals surface area (Å²) in [7, 11) is 0. The lowest BCUT2D eigenvalue weighted by Crippen LogP contribution is -2.18. The standard InChI is InChI=1S/C19H31N/c1-14(13-19(2,3)4)11-18(20)17-10-9-15-7-5-6-8-16(15)12-17/h9-10,12,14,18H,5-8,11,13,20H2,1-4H3. The fourth-order valence-corrected chi connectivity index (χ4v) is 3.68. The van der Waals surface area contributed by atoms with Crippen molar-refractivity contribution in [3.05, 3.63) is 34.9 Å². The molecule has 0 spiro atoms. The van der Waals surface area contributed by atoms with Gasteiger partial charge in [0.1, 0.15) is 0 Å². The molecule has 20 heavy (non-hydrogen) atoms. The van der Waals surface area contributed by atoms with Gasteiger partial charge in [0.25, 0.3) is 0 Å². The van der Waals surface area contributed by atoms with Gasteiger partial charge >= 0.3 is 0 Å². The molecule has 1 aromatic rings. The van der Waals surface area contributed by atoms with Gasteiger partial charge in [0.05, 0.1) is 0 Å². The van der Waals surface area contributed by atoms with E-state index >= 15 is 0 Å². The lowest BCUT2D eigenvalue weighted by atomic mass is 9.81. The number of aryl methyl sites for hydroxylation is 2. The van der Waals surface area contributed by atoms with Crippen LogP contribution >= 0.6 is 0 Å². The predicted molar refractivity (Wildman–Crippen MR) is 87.9 cm³/mol. The van der Waals surface area contributed by atoms with Gasteiger partial charge in [-0.15, -0.1) is 0 Å². The van der Waals surface area contributed by atoms with Crippen molar-refractivity contribution in [1.82, 2.24) is 0 Å². The molecule has 1 aliphatic rings. The highest BCUT2D eigenvalue weighted by atomic mass is 14.6. The fraction of sp³-hybridized carbons (Fsp3) is 0.684. The van der Waals surface area contributed by atoms with E-state index in [2.05, 4.69) is 45.9 Å². The van der Waals surface area contributed by atoms with Gasteiger partial charge in [-0.1, -0.05) is 45.9 Å². The van der Waals surface area contributed by atoms with E-state index < -0.39 is 0 Å². The van der Waals surface area contributed by atoms with Crippen molar-refractivity contribution >= 4 is 0 Å². The molecule has 0 aliphatic heterocycles. The average Bonchev–Trinajstić information content (AvgIpc) is 2.35. The minimum absolute atomic E-state index is 0.194. The number of fused-ring (bicyclic) bond motifs is 1. The Labute approximate surface area is 125 Å². The maximum Gasteiger partial charge on any atom is 0.0297 e. The van der Waals surface area contributed by atoms with Crippen molar-refractivity contribution in [2.75, 3.05) is 0 Å². The van der Waals surface area contributed by atoms with E-state index in [9.17, 15) is 0 Å². The largest absolute Gasteiger partial charge is 0.324 e. The summed E-state index contributed by atoms with van der Waals surface area (Å²) in [5.41, 5.74) is 11.3. The van der Waals surface area contributed by atoms with Gasteiger partial charge in [-0.05, 0) is 66.5 Å². The first-order valence-corrected chi connectivity index (χ1v) is 8.22. The maximum atomic E-state index is 6.45. The molecule has 0 saturated carbocycles. The highest BCUT2D eigenvalue weighted by Crippen LogP contribution is 2.31. The average molecular weight is 273 g/mol. The first kappa shape index (κ1) is 15.6. The minimum Gasteiger partial charge on any atom is -0.324 e. The van der Waals surface area contributed by atoms with Crippen molar-refractivity contribution in [3.63, 3.8) is 0 Å². The molecule has 0 fully saturated rings. The molecular formula is C19H31N. The molecule has 0 radical (unpaired) electrons. The molecule has 1 heteroatoms. The van der Waals surface area contributed by atoms with Gasteiger partial charge < -0.3 is 5.73 Å². The number of rotatable bonds is 4. The zero-order chi connectivity index (χ0) is 14.8. The molecule has 2 atom stereocenters. The zero-order valence-electron chi connectivity index (χ0n) is 13.7. The summed E-state index contributed by atoms with van der Waals surface area (Å²) in [5, 5.41) is 0. The van der Waals surface area contributed by atoms with Gasteiger partial charge in [0, 0.05) is 6.04 Å². The Morgan fingerprint density at radius 3 is 2.40 bits per heavy atom. The Morgan fingerprint density at radius 1 is 1.10 bits per heavy atom. The monoisotopic (exact) mass is 273 g/mol. The summed E-state index contributed by atoms with van der Waals surface area (Å²) in [5.74, 6) is 0.682. The van der Waals surface area contributed by atoms with E-state index in [4.69, 9.17) is 5.73 Å². The quantitative estimate of drug-likeness (QED) is 0.818. The van der Waals surface area contributed by atoms with Crippen LogP contribution in [-0.4, -0.2) is 0 Å². The second kappa shape index (κ2) is 6.30. The Bertz CT molecular complexity index is 442. The highest BCUT2D eigenvalue weighted by molar-refractivity contribution is 5.35. The van der Waals surface area contributed by atoms with Crippen LogP contribution in [0.4, 0.5) is 0 Å². The van der Waals surface area contributed by atoms with E-state index in [1.165, 1.54) is 37.7 Å². The van der Waals surface area contributed by atoms with Crippen LogP contribution in [0.1, 0.15) is 76.1 Å². The molecule has 0 saturated heterocycles. The third-order valence-corrected chi connectivity index (χ3v) is 4.42. The van der Waals surface area contributed by atoms with Crippen LogP contribution in [0.3, 0.4) is 0 Å². The topological polar surface area (TPSA) is 26.0 Å². The molecule has 112 valence electrons. The van der Waals surface area contributed by atoms with Crippen LogP contribution in [0, 0.1) is 11.3 Å². The normalized spacial score (nSPS) is 18.4. The zero-order valence-corrected chi connectivity index (χ0v) is 13.7.